The molecule has 11 heavy (non-hydrogen) atoms. The Balaban J connectivity index is 2.90. The molecule has 0 amide bonds. The summed E-state index contributed by atoms with van der Waals surface area (Å²) in [6.45, 7) is 0. The van der Waals surface area contributed by atoms with Gasteiger partial charge in [-0.3, -0.25) is 4.79 Å². The van der Waals surface area contributed by atoms with E-state index < -0.39 is 0 Å². The zero-order valence-corrected chi connectivity index (χ0v) is 6.48. The first-order valence-electron chi connectivity index (χ1n) is 3.06. The fraction of sp³-hybridized carbons (Fsp3) is 0.125. The van der Waals surface area contributed by atoms with Gasteiger partial charge in [-0.1, -0.05) is 11.8 Å². The van der Waals surface area contributed by atoms with Gasteiger partial charge in [0.25, 0.3) is 0 Å². The van der Waals surface area contributed by atoms with E-state index in [4.69, 9.17) is 11.6 Å². The van der Waals surface area contributed by atoms with Crippen LogP contribution in [-0.2, 0) is 0 Å². The quantitative estimate of drug-likeness (QED) is 0.453. The molecule has 0 saturated carbocycles. The molecule has 0 saturated heterocycles. The van der Waals surface area contributed by atoms with Gasteiger partial charge in [0, 0.05) is 17.8 Å². The highest BCUT2D eigenvalue weighted by atomic mass is 35.5. The van der Waals surface area contributed by atoms with Crippen LogP contribution in [0.4, 0.5) is 0 Å². The Kier molecular flexibility index (Phi) is 2.76. The lowest BCUT2D eigenvalue weighted by Gasteiger charge is -1.85. The van der Waals surface area contributed by atoms with Crippen molar-refractivity contribution in [3.8, 4) is 11.8 Å². The number of halogens is 1. The number of pyridine rings is 1. The lowest BCUT2D eigenvalue weighted by molar-refractivity contribution is 1.23. The van der Waals surface area contributed by atoms with Crippen LogP contribution in [0.15, 0.2) is 23.1 Å². The number of nitrogens with one attached hydrogen (secondary N) is 1. The highest BCUT2D eigenvalue weighted by molar-refractivity contribution is 6.19. The highest BCUT2D eigenvalue weighted by Crippen LogP contribution is 1.88. The minimum absolute atomic E-state index is 0.124. The maximum atomic E-state index is 10.6. The van der Waals surface area contributed by atoms with Crippen molar-refractivity contribution >= 4 is 11.6 Å². The summed E-state index contributed by atoms with van der Waals surface area (Å²) < 4.78 is 0. The Morgan fingerprint density at radius 2 is 2.36 bits per heavy atom. The molecule has 0 bridgehead atoms. The number of hydrogen-bond acceptors (Lipinski definition) is 1. The second-order valence-electron chi connectivity index (χ2n) is 1.88. The van der Waals surface area contributed by atoms with Crippen LogP contribution in [0.25, 0.3) is 0 Å². The van der Waals surface area contributed by atoms with Gasteiger partial charge < -0.3 is 4.98 Å². The summed E-state index contributed by atoms with van der Waals surface area (Å²) in [6.07, 6.45) is 1.56. The van der Waals surface area contributed by atoms with Gasteiger partial charge in [-0.25, -0.2) is 0 Å². The summed E-state index contributed by atoms with van der Waals surface area (Å²) in [7, 11) is 0. The number of hydrogen-bond donors (Lipinski definition) is 1. The van der Waals surface area contributed by atoms with E-state index in [-0.39, 0.29) is 5.56 Å². The van der Waals surface area contributed by atoms with Crippen molar-refractivity contribution in [2.24, 2.45) is 0 Å². The fourth-order valence-electron chi connectivity index (χ4n) is 0.624. The second kappa shape index (κ2) is 3.85. The number of alkyl halides is 1. The van der Waals surface area contributed by atoms with Crippen LogP contribution in [0.1, 0.15) is 5.56 Å². The minimum Gasteiger partial charge on any atom is -0.328 e. The van der Waals surface area contributed by atoms with Gasteiger partial charge in [-0.15, -0.1) is 11.6 Å². The maximum Gasteiger partial charge on any atom is 0.247 e. The summed E-state index contributed by atoms with van der Waals surface area (Å²) in [5, 5.41) is 0. The van der Waals surface area contributed by atoms with Crippen LogP contribution in [-0.4, -0.2) is 10.9 Å². The third kappa shape index (κ3) is 2.48. The fourth-order valence-corrected chi connectivity index (χ4v) is 0.691. The van der Waals surface area contributed by atoms with Crippen molar-refractivity contribution in [3.63, 3.8) is 0 Å². The van der Waals surface area contributed by atoms with E-state index in [2.05, 4.69) is 16.8 Å². The molecule has 0 radical (unpaired) electrons. The van der Waals surface area contributed by atoms with Crippen LogP contribution in [0.5, 0.6) is 0 Å². The van der Waals surface area contributed by atoms with E-state index in [1.54, 1.807) is 12.3 Å². The molecule has 0 fully saturated rings. The smallest absolute Gasteiger partial charge is 0.247 e. The second-order valence-corrected chi connectivity index (χ2v) is 2.14. The van der Waals surface area contributed by atoms with Crippen LogP contribution >= 0.6 is 11.6 Å². The van der Waals surface area contributed by atoms with Gasteiger partial charge in [0.2, 0.25) is 5.56 Å². The van der Waals surface area contributed by atoms with Gasteiger partial charge in [0.05, 0.1) is 5.88 Å². The van der Waals surface area contributed by atoms with Gasteiger partial charge in [0.1, 0.15) is 0 Å². The molecule has 1 aromatic heterocycles. The molecule has 0 unspecified atom stereocenters. The Morgan fingerprint density at radius 1 is 1.55 bits per heavy atom. The van der Waals surface area contributed by atoms with Gasteiger partial charge in [-0.2, -0.15) is 0 Å². The third-order valence-electron chi connectivity index (χ3n) is 1.08. The predicted molar refractivity (Wildman–Crippen MR) is 44.7 cm³/mol. The lowest BCUT2D eigenvalue weighted by atomic mass is 10.3. The molecule has 1 N–H and O–H groups in total. The molecule has 1 rings (SSSR count). The van der Waals surface area contributed by atoms with E-state index in [0.717, 1.165) is 5.56 Å². The number of H-pyrrole nitrogens is 1. The van der Waals surface area contributed by atoms with Crippen LogP contribution in [0, 0.1) is 11.8 Å². The molecule has 2 nitrogen and oxygen atoms in total. The molecule has 56 valence electrons. The molecular formula is C8H6ClNO. The van der Waals surface area contributed by atoms with E-state index in [0.29, 0.717) is 5.88 Å². The first-order chi connectivity index (χ1) is 5.33. The molecule has 1 heterocycles. The number of aromatic amines is 1. The van der Waals surface area contributed by atoms with Gasteiger partial charge in [0.15, 0.2) is 0 Å². The normalized spacial score (nSPS) is 8.45. The van der Waals surface area contributed by atoms with Crippen molar-refractivity contribution in [2.45, 2.75) is 0 Å². The monoisotopic (exact) mass is 167 g/mol. The Labute approximate surface area is 69.2 Å². The van der Waals surface area contributed by atoms with Crippen molar-refractivity contribution in [1.82, 2.24) is 4.98 Å². The first-order valence-corrected chi connectivity index (χ1v) is 3.60. The van der Waals surface area contributed by atoms with E-state index >= 15 is 0 Å². The molecular weight excluding hydrogens is 162 g/mol. The molecule has 0 aliphatic carbocycles. The topological polar surface area (TPSA) is 32.9 Å². The first kappa shape index (κ1) is 7.90. The predicted octanol–water partition coefficient (Wildman–Crippen LogP) is 0.965. The summed E-state index contributed by atoms with van der Waals surface area (Å²) in [6, 6.07) is 3.08. The lowest BCUT2D eigenvalue weighted by Crippen LogP contribution is -2.01. The van der Waals surface area contributed by atoms with Crippen LogP contribution in [0.2, 0.25) is 0 Å². The average Bonchev–Trinajstić information content (AvgIpc) is 2.04. The minimum atomic E-state index is -0.124. The van der Waals surface area contributed by atoms with Crippen LogP contribution < -0.4 is 5.56 Å². The molecule has 0 aliphatic rings. The highest BCUT2D eigenvalue weighted by Gasteiger charge is 1.83. The molecule has 3 heteroatoms. The number of rotatable bonds is 0. The molecule has 0 atom stereocenters. The SMILES string of the molecule is O=c1ccc(C#CCCl)c[nH]1. The van der Waals surface area contributed by atoms with Crippen molar-refractivity contribution in [2.75, 3.05) is 5.88 Å². The van der Waals surface area contributed by atoms with Crippen molar-refractivity contribution in [3.05, 3.63) is 34.2 Å². The van der Waals surface area contributed by atoms with E-state index in [1.807, 2.05) is 0 Å². The van der Waals surface area contributed by atoms with E-state index in [9.17, 15) is 4.79 Å². The van der Waals surface area contributed by atoms with Gasteiger partial charge >= 0.3 is 0 Å². The molecule has 0 aliphatic heterocycles. The summed E-state index contributed by atoms with van der Waals surface area (Å²) in [4.78, 5) is 13.1. The third-order valence-corrected chi connectivity index (χ3v) is 1.22. The average molecular weight is 168 g/mol. The molecule has 0 spiro atoms. The zero-order chi connectivity index (χ0) is 8.10. The Bertz CT molecular complexity index is 325. The summed E-state index contributed by atoms with van der Waals surface area (Å²) in [5.74, 6) is 5.75. The molecule has 1 aromatic rings. The zero-order valence-electron chi connectivity index (χ0n) is 5.73. The largest absolute Gasteiger partial charge is 0.328 e. The maximum absolute atomic E-state index is 10.6. The Morgan fingerprint density at radius 3 is 2.91 bits per heavy atom. The summed E-state index contributed by atoms with van der Waals surface area (Å²) >= 11 is 5.34. The van der Waals surface area contributed by atoms with Gasteiger partial charge in [-0.05, 0) is 6.07 Å². The van der Waals surface area contributed by atoms with Crippen molar-refractivity contribution in [1.29, 1.82) is 0 Å². The summed E-state index contributed by atoms with van der Waals surface area (Å²) in [5.41, 5.74) is 0.645. The van der Waals surface area contributed by atoms with E-state index in [1.165, 1.54) is 6.07 Å². The molecule has 0 aromatic carbocycles. The van der Waals surface area contributed by atoms with Crippen LogP contribution in [0.3, 0.4) is 0 Å². The Hall–Kier alpha value is -1.20. The van der Waals surface area contributed by atoms with Crippen molar-refractivity contribution < 1.29 is 0 Å². The standard InChI is InChI=1S/C8H6ClNO/c9-5-1-2-7-3-4-8(11)10-6-7/h3-4,6H,5H2,(H,10,11). The number of aromatic nitrogens is 1.